The predicted octanol–water partition coefficient (Wildman–Crippen LogP) is 4.13. The molecule has 0 aliphatic heterocycles. The maximum absolute atomic E-state index is 12.2. The number of nitrogens with zero attached hydrogens (tertiary/aromatic N) is 2. The van der Waals surface area contributed by atoms with Crippen molar-refractivity contribution in [2.75, 3.05) is 5.32 Å². The van der Waals surface area contributed by atoms with Crippen LogP contribution in [0.4, 0.5) is 5.69 Å². The number of carbonyl (C=O) groups excluding carboxylic acids is 1. The summed E-state index contributed by atoms with van der Waals surface area (Å²) in [7, 11) is 1.96. The fourth-order valence-corrected chi connectivity index (χ4v) is 2.87. The Hall–Kier alpha value is -2.53. The van der Waals surface area contributed by atoms with E-state index in [2.05, 4.69) is 10.3 Å². The van der Waals surface area contributed by atoms with Crippen LogP contribution in [0.3, 0.4) is 0 Å². The summed E-state index contributed by atoms with van der Waals surface area (Å²) in [6.07, 6.45) is 3.69. The second kappa shape index (κ2) is 6.71. The first-order valence-corrected chi connectivity index (χ1v) is 8.07. The second-order valence-corrected chi connectivity index (χ2v) is 6.31. The van der Waals surface area contributed by atoms with Crippen molar-refractivity contribution in [1.29, 1.82) is 0 Å². The molecule has 23 heavy (non-hydrogen) atoms. The van der Waals surface area contributed by atoms with Crippen LogP contribution in [0.1, 0.15) is 15.9 Å². The minimum absolute atomic E-state index is 0.102. The highest BCUT2D eigenvalue weighted by Crippen LogP contribution is 2.26. The van der Waals surface area contributed by atoms with Gasteiger partial charge in [0.15, 0.2) is 5.16 Å². The SMILES string of the molecule is Cc1ccc(C(=O)Nc2ccc(Sc3nccn3C)cc2)cc1. The van der Waals surface area contributed by atoms with Crippen molar-refractivity contribution in [3.63, 3.8) is 0 Å². The maximum Gasteiger partial charge on any atom is 0.255 e. The van der Waals surface area contributed by atoms with Gasteiger partial charge in [0.2, 0.25) is 0 Å². The summed E-state index contributed by atoms with van der Waals surface area (Å²) < 4.78 is 1.97. The number of carbonyl (C=O) groups is 1. The van der Waals surface area contributed by atoms with E-state index in [9.17, 15) is 4.79 Å². The first-order chi connectivity index (χ1) is 11.1. The molecule has 1 amide bonds. The number of amides is 1. The largest absolute Gasteiger partial charge is 0.329 e. The third-order valence-electron chi connectivity index (χ3n) is 3.41. The van der Waals surface area contributed by atoms with E-state index < -0.39 is 0 Å². The van der Waals surface area contributed by atoms with Crippen molar-refractivity contribution in [3.8, 4) is 0 Å². The lowest BCUT2D eigenvalue weighted by atomic mass is 10.1. The molecule has 2 aromatic carbocycles. The van der Waals surface area contributed by atoms with Gasteiger partial charge in [-0.1, -0.05) is 29.5 Å². The topological polar surface area (TPSA) is 46.9 Å². The minimum Gasteiger partial charge on any atom is -0.329 e. The molecule has 0 bridgehead atoms. The number of hydrogen-bond acceptors (Lipinski definition) is 3. The fourth-order valence-electron chi connectivity index (χ4n) is 2.07. The van der Waals surface area contributed by atoms with Gasteiger partial charge in [0.25, 0.3) is 5.91 Å². The van der Waals surface area contributed by atoms with Gasteiger partial charge in [0.1, 0.15) is 0 Å². The molecule has 0 saturated heterocycles. The number of rotatable bonds is 4. The quantitative estimate of drug-likeness (QED) is 0.785. The summed E-state index contributed by atoms with van der Waals surface area (Å²) in [6.45, 7) is 2.00. The molecular formula is C18H17N3OS. The monoisotopic (exact) mass is 323 g/mol. The third-order valence-corrected chi connectivity index (χ3v) is 4.50. The Bertz CT molecular complexity index is 807. The molecule has 0 spiro atoms. The van der Waals surface area contributed by atoms with Gasteiger partial charge in [0, 0.05) is 35.6 Å². The number of aryl methyl sites for hydroxylation is 2. The average Bonchev–Trinajstić information content (AvgIpc) is 2.95. The minimum atomic E-state index is -0.102. The van der Waals surface area contributed by atoms with Crippen molar-refractivity contribution in [2.24, 2.45) is 7.05 Å². The van der Waals surface area contributed by atoms with E-state index in [-0.39, 0.29) is 5.91 Å². The molecule has 5 heteroatoms. The van der Waals surface area contributed by atoms with E-state index >= 15 is 0 Å². The van der Waals surface area contributed by atoms with Crippen LogP contribution in [0.2, 0.25) is 0 Å². The summed E-state index contributed by atoms with van der Waals surface area (Å²) in [4.78, 5) is 17.5. The summed E-state index contributed by atoms with van der Waals surface area (Å²) in [5.74, 6) is -0.102. The smallest absolute Gasteiger partial charge is 0.255 e. The van der Waals surface area contributed by atoms with E-state index in [0.717, 1.165) is 21.3 Å². The molecule has 0 aliphatic carbocycles. The zero-order chi connectivity index (χ0) is 16.2. The molecule has 0 unspecified atom stereocenters. The van der Waals surface area contributed by atoms with Gasteiger partial charge in [-0.2, -0.15) is 0 Å². The van der Waals surface area contributed by atoms with Crippen molar-refractivity contribution in [1.82, 2.24) is 9.55 Å². The second-order valence-electron chi connectivity index (χ2n) is 5.27. The van der Waals surface area contributed by atoms with Crippen LogP contribution in [0.15, 0.2) is 71.0 Å². The Morgan fingerprint density at radius 2 is 1.78 bits per heavy atom. The van der Waals surface area contributed by atoms with Gasteiger partial charge in [-0.05, 0) is 43.3 Å². The Balaban J connectivity index is 1.66. The zero-order valence-corrected chi connectivity index (χ0v) is 13.8. The summed E-state index contributed by atoms with van der Waals surface area (Å²) in [5.41, 5.74) is 2.57. The van der Waals surface area contributed by atoms with Crippen molar-refractivity contribution in [3.05, 3.63) is 72.1 Å². The van der Waals surface area contributed by atoms with Crippen LogP contribution in [-0.4, -0.2) is 15.5 Å². The van der Waals surface area contributed by atoms with Gasteiger partial charge in [-0.3, -0.25) is 4.79 Å². The van der Waals surface area contributed by atoms with E-state index in [0.29, 0.717) is 5.56 Å². The predicted molar refractivity (Wildman–Crippen MR) is 92.9 cm³/mol. The van der Waals surface area contributed by atoms with E-state index in [1.54, 1.807) is 18.0 Å². The first kappa shape index (κ1) is 15.4. The van der Waals surface area contributed by atoms with Crippen molar-refractivity contribution < 1.29 is 4.79 Å². The molecule has 0 saturated carbocycles. The Morgan fingerprint density at radius 3 is 2.39 bits per heavy atom. The highest BCUT2D eigenvalue weighted by molar-refractivity contribution is 7.99. The average molecular weight is 323 g/mol. The molecule has 0 aliphatic rings. The molecule has 3 aromatic rings. The maximum atomic E-state index is 12.2. The van der Waals surface area contributed by atoms with Gasteiger partial charge in [0.05, 0.1) is 0 Å². The Morgan fingerprint density at radius 1 is 1.09 bits per heavy atom. The number of hydrogen-bond donors (Lipinski definition) is 1. The van der Waals surface area contributed by atoms with Crippen LogP contribution in [-0.2, 0) is 7.05 Å². The summed E-state index contributed by atoms with van der Waals surface area (Å²) in [5, 5.41) is 3.84. The third kappa shape index (κ3) is 3.81. The molecule has 4 nitrogen and oxygen atoms in total. The zero-order valence-electron chi connectivity index (χ0n) is 13.0. The number of anilines is 1. The summed E-state index contributed by atoms with van der Waals surface area (Å²) >= 11 is 1.59. The molecule has 0 fully saturated rings. The molecule has 1 heterocycles. The number of benzene rings is 2. The van der Waals surface area contributed by atoms with Gasteiger partial charge in [-0.25, -0.2) is 4.98 Å². The lowest BCUT2D eigenvalue weighted by Crippen LogP contribution is -2.11. The Kier molecular flexibility index (Phi) is 4.48. The van der Waals surface area contributed by atoms with Crippen molar-refractivity contribution >= 4 is 23.4 Å². The van der Waals surface area contributed by atoms with Crippen LogP contribution < -0.4 is 5.32 Å². The number of aromatic nitrogens is 2. The molecule has 0 atom stereocenters. The molecule has 3 rings (SSSR count). The van der Waals surface area contributed by atoms with E-state index in [1.165, 1.54) is 0 Å². The molecule has 1 aromatic heterocycles. The molecule has 1 N–H and O–H groups in total. The van der Waals surface area contributed by atoms with Gasteiger partial charge >= 0.3 is 0 Å². The first-order valence-electron chi connectivity index (χ1n) is 7.25. The molecular weight excluding hydrogens is 306 g/mol. The van der Waals surface area contributed by atoms with Crippen molar-refractivity contribution in [2.45, 2.75) is 17.0 Å². The number of imidazole rings is 1. The van der Waals surface area contributed by atoms with Crippen LogP contribution >= 0.6 is 11.8 Å². The standard InChI is InChI=1S/C18H17N3OS/c1-13-3-5-14(6-4-13)17(22)20-15-7-9-16(10-8-15)23-18-19-11-12-21(18)2/h3-12H,1-2H3,(H,20,22). The number of nitrogens with one attached hydrogen (secondary N) is 1. The van der Waals surface area contributed by atoms with Crippen LogP contribution in [0.5, 0.6) is 0 Å². The van der Waals surface area contributed by atoms with Crippen LogP contribution in [0.25, 0.3) is 0 Å². The lowest BCUT2D eigenvalue weighted by Gasteiger charge is -2.07. The van der Waals surface area contributed by atoms with Gasteiger partial charge < -0.3 is 9.88 Å². The van der Waals surface area contributed by atoms with Crippen LogP contribution in [0, 0.1) is 6.92 Å². The molecule has 116 valence electrons. The van der Waals surface area contributed by atoms with E-state index in [1.807, 2.05) is 73.3 Å². The normalized spacial score (nSPS) is 10.5. The summed E-state index contributed by atoms with van der Waals surface area (Å²) in [6, 6.07) is 15.3. The van der Waals surface area contributed by atoms with Gasteiger partial charge in [-0.15, -0.1) is 0 Å². The molecule has 0 radical (unpaired) electrons. The fraction of sp³-hybridized carbons (Fsp3) is 0.111. The highest BCUT2D eigenvalue weighted by Gasteiger charge is 2.06. The Labute approximate surface area is 139 Å². The lowest BCUT2D eigenvalue weighted by molar-refractivity contribution is 0.102. The highest BCUT2D eigenvalue weighted by atomic mass is 32.2. The van der Waals surface area contributed by atoms with E-state index in [4.69, 9.17) is 0 Å².